The van der Waals surface area contributed by atoms with E-state index in [4.69, 9.17) is 0 Å². The Morgan fingerprint density at radius 2 is 2.25 bits per heavy atom. The first-order valence-corrected chi connectivity index (χ1v) is 5.79. The van der Waals surface area contributed by atoms with Crippen LogP contribution >= 0.6 is 0 Å². The Kier molecular flexibility index (Phi) is 5.85. The zero-order valence-corrected chi connectivity index (χ0v) is 9.75. The SMILES string of the molecule is COC(=O)CNC(=O)CCC1CCCCN1. The van der Waals surface area contributed by atoms with Gasteiger partial charge < -0.3 is 15.4 Å². The molecule has 0 aromatic rings. The number of methoxy groups -OCH3 is 1. The first-order valence-electron chi connectivity index (χ1n) is 5.79. The molecule has 1 saturated heterocycles. The molecule has 16 heavy (non-hydrogen) atoms. The highest BCUT2D eigenvalue weighted by Gasteiger charge is 2.14. The number of carbonyl (C=O) groups excluding carboxylic acids is 2. The molecule has 5 heteroatoms. The van der Waals surface area contributed by atoms with E-state index in [9.17, 15) is 9.59 Å². The predicted molar refractivity (Wildman–Crippen MR) is 59.9 cm³/mol. The Hall–Kier alpha value is -1.10. The van der Waals surface area contributed by atoms with E-state index in [1.54, 1.807) is 0 Å². The summed E-state index contributed by atoms with van der Waals surface area (Å²) in [6.45, 7) is 1.02. The molecule has 0 aliphatic carbocycles. The molecule has 0 aromatic heterocycles. The van der Waals surface area contributed by atoms with E-state index < -0.39 is 5.97 Å². The summed E-state index contributed by atoms with van der Waals surface area (Å²) in [4.78, 5) is 22.1. The van der Waals surface area contributed by atoms with E-state index in [1.807, 2.05) is 0 Å². The number of nitrogens with one attached hydrogen (secondary N) is 2. The summed E-state index contributed by atoms with van der Waals surface area (Å²) in [6.07, 6.45) is 4.92. The van der Waals surface area contributed by atoms with Crippen molar-refractivity contribution in [3.63, 3.8) is 0 Å². The van der Waals surface area contributed by atoms with E-state index in [1.165, 1.54) is 20.0 Å². The van der Waals surface area contributed by atoms with Gasteiger partial charge in [-0.05, 0) is 25.8 Å². The predicted octanol–water partition coefficient (Wildman–Crippen LogP) is 0.198. The smallest absolute Gasteiger partial charge is 0.325 e. The molecule has 92 valence electrons. The summed E-state index contributed by atoms with van der Waals surface area (Å²) in [5, 5.41) is 5.91. The maximum Gasteiger partial charge on any atom is 0.325 e. The van der Waals surface area contributed by atoms with Crippen LogP contribution in [0.25, 0.3) is 0 Å². The van der Waals surface area contributed by atoms with E-state index in [-0.39, 0.29) is 12.5 Å². The van der Waals surface area contributed by atoms with Crippen molar-refractivity contribution in [2.24, 2.45) is 0 Å². The number of hydrogen-bond acceptors (Lipinski definition) is 4. The number of carbonyl (C=O) groups is 2. The number of esters is 1. The van der Waals surface area contributed by atoms with Gasteiger partial charge in [0, 0.05) is 12.5 Å². The number of amides is 1. The Morgan fingerprint density at radius 3 is 2.88 bits per heavy atom. The van der Waals surface area contributed by atoms with Crippen LogP contribution < -0.4 is 10.6 Å². The third kappa shape index (κ3) is 5.11. The molecule has 0 saturated carbocycles. The molecule has 1 rings (SSSR count). The molecule has 1 fully saturated rings. The van der Waals surface area contributed by atoms with Crippen LogP contribution in [0.2, 0.25) is 0 Å². The van der Waals surface area contributed by atoms with Crippen LogP contribution in [-0.4, -0.2) is 38.1 Å². The lowest BCUT2D eigenvalue weighted by Gasteiger charge is -2.22. The summed E-state index contributed by atoms with van der Waals surface area (Å²) in [7, 11) is 1.31. The summed E-state index contributed by atoms with van der Waals surface area (Å²) in [6, 6.07) is 0.456. The highest BCUT2D eigenvalue weighted by molar-refractivity contribution is 5.81. The molecule has 0 spiro atoms. The van der Waals surface area contributed by atoms with Crippen molar-refractivity contribution in [3.8, 4) is 0 Å². The maximum absolute atomic E-state index is 11.4. The lowest BCUT2D eigenvalue weighted by atomic mass is 10.0. The second-order valence-corrected chi connectivity index (χ2v) is 4.04. The molecule has 5 nitrogen and oxygen atoms in total. The minimum absolute atomic E-state index is 0.0343. The first kappa shape index (κ1) is 13.0. The number of ether oxygens (including phenoxy) is 1. The van der Waals surface area contributed by atoms with Gasteiger partial charge in [-0.2, -0.15) is 0 Å². The highest BCUT2D eigenvalue weighted by Crippen LogP contribution is 2.11. The van der Waals surface area contributed by atoms with Crippen LogP contribution in [-0.2, 0) is 14.3 Å². The fraction of sp³-hybridized carbons (Fsp3) is 0.818. The molecule has 1 amide bonds. The zero-order valence-electron chi connectivity index (χ0n) is 9.75. The van der Waals surface area contributed by atoms with Crippen molar-refractivity contribution in [1.82, 2.24) is 10.6 Å². The second kappa shape index (κ2) is 7.22. The molecule has 1 unspecified atom stereocenters. The highest BCUT2D eigenvalue weighted by atomic mass is 16.5. The molecule has 0 aromatic carbocycles. The van der Waals surface area contributed by atoms with Crippen LogP contribution in [0.3, 0.4) is 0 Å². The Balaban J connectivity index is 2.07. The van der Waals surface area contributed by atoms with Crippen LogP contribution in [0.4, 0.5) is 0 Å². The lowest BCUT2D eigenvalue weighted by molar-refractivity contribution is -0.141. The molecular weight excluding hydrogens is 208 g/mol. The number of piperidine rings is 1. The monoisotopic (exact) mass is 228 g/mol. The Labute approximate surface area is 95.9 Å². The Morgan fingerprint density at radius 1 is 1.44 bits per heavy atom. The summed E-state index contributed by atoms with van der Waals surface area (Å²) >= 11 is 0. The summed E-state index contributed by atoms with van der Waals surface area (Å²) < 4.78 is 4.43. The molecule has 1 atom stereocenters. The van der Waals surface area contributed by atoms with Gasteiger partial charge in [-0.15, -0.1) is 0 Å². The molecule has 2 N–H and O–H groups in total. The van der Waals surface area contributed by atoms with Crippen molar-refractivity contribution < 1.29 is 14.3 Å². The topological polar surface area (TPSA) is 67.4 Å². The first-order chi connectivity index (χ1) is 7.72. The van der Waals surface area contributed by atoms with Gasteiger partial charge >= 0.3 is 5.97 Å². The van der Waals surface area contributed by atoms with Crippen molar-refractivity contribution in [3.05, 3.63) is 0 Å². The van der Waals surface area contributed by atoms with Gasteiger partial charge in [-0.1, -0.05) is 6.42 Å². The van der Waals surface area contributed by atoms with Crippen molar-refractivity contribution in [1.29, 1.82) is 0 Å². The minimum atomic E-state index is -0.413. The van der Waals surface area contributed by atoms with E-state index in [2.05, 4.69) is 15.4 Å². The number of hydrogen-bond donors (Lipinski definition) is 2. The normalized spacial score (nSPS) is 20.2. The third-order valence-corrected chi connectivity index (χ3v) is 2.79. The van der Waals surface area contributed by atoms with Gasteiger partial charge in [0.2, 0.25) is 5.91 Å². The van der Waals surface area contributed by atoms with E-state index in [0.717, 1.165) is 19.4 Å². The van der Waals surface area contributed by atoms with Crippen molar-refractivity contribution >= 4 is 11.9 Å². The molecular formula is C11H20N2O3. The maximum atomic E-state index is 11.4. The fourth-order valence-corrected chi connectivity index (χ4v) is 1.81. The minimum Gasteiger partial charge on any atom is -0.468 e. The average Bonchev–Trinajstić information content (AvgIpc) is 2.34. The average molecular weight is 228 g/mol. The van der Waals surface area contributed by atoms with Crippen molar-refractivity contribution in [2.75, 3.05) is 20.2 Å². The van der Waals surface area contributed by atoms with Gasteiger partial charge in [-0.25, -0.2) is 0 Å². The fourth-order valence-electron chi connectivity index (χ4n) is 1.81. The number of rotatable bonds is 5. The van der Waals surface area contributed by atoms with Gasteiger partial charge in [0.1, 0.15) is 6.54 Å². The Bertz CT molecular complexity index is 237. The van der Waals surface area contributed by atoms with Crippen LogP contribution in [0.1, 0.15) is 32.1 Å². The van der Waals surface area contributed by atoms with Crippen LogP contribution in [0.5, 0.6) is 0 Å². The standard InChI is InChI=1S/C11H20N2O3/c1-16-11(15)8-13-10(14)6-5-9-4-2-3-7-12-9/h9,12H,2-8H2,1H3,(H,13,14). The quantitative estimate of drug-likeness (QED) is 0.660. The largest absolute Gasteiger partial charge is 0.468 e. The second-order valence-electron chi connectivity index (χ2n) is 4.04. The van der Waals surface area contributed by atoms with Crippen LogP contribution in [0, 0.1) is 0 Å². The molecule has 1 aliphatic heterocycles. The van der Waals surface area contributed by atoms with E-state index >= 15 is 0 Å². The third-order valence-electron chi connectivity index (χ3n) is 2.79. The summed E-state index contributed by atoms with van der Waals surface area (Å²) in [5.41, 5.74) is 0. The van der Waals surface area contributed by atoms with Gasteiger partial charge in [0.15, 0.2) is 0 Å². The van der Waals surface area contributed by atoms with Crippen LogP contribution in [0.15, 0.2) is 0 Å². The summed E-state index contributed by atoms with van der Waals surface area (Å²) in [5.74, 6) is -0.498. The lowest BCUT2D eigenvalue weighted by Crippen LogP contribution is -2.36. The molecule has 0 radical (unpaired) electrons. The zero-order chi connectivity index (χ0) is 11.8. The van der Waals surface area contributed by atoms with E-state index in [0.29, 0.717) is 12.5 Å². The van der Waals surface area contributed by atoms with Gasteiger partial charge in [0.05, 0.1) is 7.11 Å². The molecule has 0 bridgehead atoms. The molecule has 1 aliphatic rings. The van der Waals surface area contributed by atoms with Crippen molar-refractivity contribution in [2.45, 2.75) is 38.1 Å². The van der Waals surface area contributed by atoms with Gasteiger partial charge in [0.25, 0.3) is 0 Å². The van der Waals surface area contributed by atoms with Gasteiger partial charge in [-0.3, -0.25) is 9.59 Å². The molecule has 1 heterocycles.